The van der Waals surface area contributed by atoms with Gasteiger partial charge in [0.25, 0.3) is 0 Å². The monoisotopic (exact) mass is 637 g/mol. The molecule has 0 bridgehead atoms. The highest BCUT2D eigenvalue weighted by molar-refractivity contribution is 8.47. The summed E-state index contributed by atoms with van der Waals surface area (Å²) >= 11 is 10.3. The van der Waals surface area contributed by atoms with E-state index in [4.69, 9.17) is 21.7 Å². The molecule has 1 amide bonds. The zero-order valence-corrected chi connectivity index (χ0v) is 30.5. The minimum absolute atomic E-state index is 0.0490. The maximum absolute atomic E-state index is 13.1. The van der Waals surface area contributed by atoms with Gasteiger partial charge in [-0.15, -0.1) is 23.5 Å². The molecule has 0 aromatic carbocycles. The van der Waals surface area contributed by atoms with Gasteiger partial charge in [0, 0.05) is 28.7 Å². The summed E-state index contributed by atoms with van der Waals surface area (Å²) in [5.74, 6) is 0.793. The number of thiocarbonyl (C=S) groups is 1. The Kier molecular flexibility index (Phi) is 16.2. The molecule has 0 rings (SSSR count). The van der Waals surface area contributed by atoms with E-state index in [0.29, 0.717) is 24.0 Å². The minimum Gasteiger partial charge on any atom is -0.469 e. The molecular weight excluding hydrogens is 583 g/mol. The van der Waals surface area contributed by atoms with E-state index in [-0.39, 0.29) is 23.1 Å². The summed E-state index contributed by atoms with van der Waals surface area (Å²) < 4.78 is 10.9. The Balaban J connectivity index is 5.34. The fourth-order valence-electron chi connectivity index (χ4n) is 3.78. The van der Waals surface area contributed by atoms with Gasteiger partial charge >= 0.3 is 12.1 Å². The van der Waals surface area contributed by atoms with Gasteiger partial charge in [-0.3, -0.25) is 9.59 Å². The van der Waals surface area contributed by atoms with Crippen LogP contribution in [0.1, 0.15) is 109 Å². The second kappa shape index (κ2) is 16.4. The smallest absolute Gasteiger partial charge is 0.407 e. The molecule has 0 fully saturated rings. The van der Waals surface area contributed by atoms with Crippen LogP contribution < -0.4 is 5.32 Å². The number of hydrogen-bond donors (Lipinski definition) is 1. The van der Waals surface area contributed by atoms with Crippen molar-refractivity contribution in [2.24, 2.45) is 22.2 Å². The second-order valence-electron chi connectivity index (χ2n) is 14.2. The maximum atomic E-state index is 13.1. The van der Waals surface area contributed by atoms with Crippen LogP contribution in [0.25, 0.3) is 0 Å². The number of amides is 1. The lowest BCUT2D eigenvalue weighted by molar-refractivity contribution is -0.148. The fraction of sp³-hybridized carbons (Fsp3) is 0.867. The third-order valence-corrected chi connectivity index (χ3v) is 11.7. The first-order valence-corrected chi connectivity index (χ1v) is 17.2. The van der Waals surface area contributed by atoms with E-state index in [1.807, 2.05) is 41.5 Å². The molecule has 234 valence electrons. The number of alkyl carbamates (subject to hydrolysis) is 1. The summed E-state index contributed by atoms with van der Waals surface area (Å²) in [5, 5.41) is 3.04. The van der Waals surface area contributed by atoms with Crippen molar-refractivity contribution in [3.8, 4) is 0 Å². The van der Waals surface area contributed by atoms with Crippen molar-refractivity contribution in [1.82, 2.24) is 5.32 Å². The number of ether oxygens (including phenoxy) is 2. The van der Waals surface area contributed by atoms with Crippen LogP contribution in [-0.4, -0.2) is 56.2 Å². The van der Waals surface area contributed by atoms with Gasteiger partial charge in [-0.25, -0.2) is 4.79 Å². The summed E-state index contributed by atoms with van der Waals surface area (Å²) in [6.07, 6.45) is 2.85. The highest BCUT2D eigenvalue weighted by Crippen LogP contribution is 2.46. The Morgan fingerprint density at radius 1 is 0.900 bits per heavy atom. The Labute approximate surface area is 262 Å². The van der Waals surface area contributed by atoms with Crippen LogP contribution in [0, 0.1) is 22.2 Å². The number of hydrogen-bond acceptors (Lipinski definition) is 9. The second-order valence-corrected chi connectivity index (χ2v) is 19.3. The molecule has 0 saturated carbocycles. The zero-order valence-electron chi connectivity index (χ0n) is 27.2. The van der Waals surface area contributed by atoms with Gasteiger partial charge in [0.15, 0.2) is 5.12 Å². The lowest BCUT2D eigenvalue weighted by Gasteiger charge is -2.45. The Morgan fingerprint density at radius 3 is 1.98 bits per heavy atom. The van der Waals surface area contributed by atoms with Crippen molar-refractivity contribution >= 4 is 68.2 Å². The predicted molar refractivity (Wildman–Crippen MR) is 179 cm³/mol. The SMILES string of the molecule is COC(=O)C(CC(C)(C)C(C)(C)NC(=O)OCCCSC(C)=O)C(C)(C)SC(=S)SCC(C)(C)CCC(C)(C)C. The van der Waals surface area contributed by atoms with Crippen molar-refractivity contribution in [2.75, 3.05) is 25.2 Å². The van der Waals surface area contributed by atoms with Gasteiger partial charge in [0.1, 0.15) is 3.53 Å². The Bertz CT molecular complexity index is 863. The van der Waals surface area contributed by atoms with E-state index < -0.39 is 27.7 Å². The molecule has 0 aliphatic carbocycles. The molecule has 10 heteroatoms. The molecule has 0 aromatic rings. The van der Waals surface area contributed by atoms with Crippen molar-refractivity contribution in [2.45, 2.75) is 119 Å². The molecule has 1 N–H and O–H groups in total. The molecular formula is C30H55NO5S4. The molecule has 40 heavy (non-hydrogen) atoms. The molecule has 0 aliphatic heterocycles. The largest absolute Gasteiger partial charge is 0.469 e. The van der Waals surface area contributed by atoms with Crippen molar-refractivity contribution in [3.63, 3.8) is 0 Å². The van der Waals surface area contributed by atoms with E-state index in [1.54, 1.807) is 23.5 Å². The lowest BCUT2D eigenvalue weighted by atomic mass is 9.67. The standard InChI is InChI=1S/C30H55NO5S4/c1-21(32)38-18-14-17-36-24(34)31-30(11,12)28(7,8)19-22(23(33)35-13)29(9,10)40-25(37)39-20-27(5,6)16-15-26(2,3)4/h22H,14-20H2,1-13H3,(H,31,34). The first kappa shape index (κ1) is 39.5. The molecule has 0 saturated heterocycles. The molecule has 0 aromatic heterocycles. The van der Waals surface area contributed by atoms with Crippen molar-refractivity contribution in [1.29, 1.82) is 0 Å². The molecule has 0 aliphatic rings. The summed E-state index contributed by atoms with van der Waals surface area (Å²) in [4.78, 5) is 36.7. The number of thioether (sulfide) groups is 3. The molecule has 0 spiro atoms. The Morgan fingerprint density at radius 2 is 1.48 bits per heavy atom. The minimum atomic E-state index is -0.683. The van der Waals surface area contributed by atoms with E-state index >= 15 is 0 Å². The summed E-state index contributed by atoms with van der Waals surface area (Å²) in [6.45, 7) is 25.2. The molecule has 6 nitrogen and oxygen atoms in total. The third kappa shape index (κ3) is 15.7. The molecule has 1 unspecified atom stereocenters. The maximum Gasteiger partial charge on any atom is 0.407 e. The van der Waals surface area contributed by atoms with Crippen LogP contribution in [0.15, 0.2) is 0 Å². The quantitative estimate of drug-likeness (QED) is 0.108. The van der Waals surface area contributed by atoms with Crippen LogP contribution in [-0.2, 0) is 19.1 Å². The van der Waals surface area contributed by atoms with E-state index in [0.717, 1.165) is 22.1 Å². The average Bonchev–Trinajstić information content (AvgIpc) is 2.78. The summed E-state index contributed by atoms with van der Waals surface area (Å²) in [7, 11) is 1.42. The first-order valence-electron chi connectivity index (χ1n) is 14.0. The van der Waals surface area contributed by atoms with E-state index in [9.17, 15) is 14.4 Å². The van der Waals surface area contributed by atoms with Gasteiger partial charge in [-0.2, -0.15) is 0 Å². The number of carbonyl (C=O) groups is 3. The highest BCUT2D eigenvalue weighted by atomic mass is 32.2. The summed E-state index contributed by atoms with van der Waals surface area (Å²) in [6, 6.07) is 0. The van der Waals surface area contributed by atoms with Crippen LogP contribution in [0.4, 0.5) is 4.79 Å². The topological polar surface area (TPSA) is 81.7 Å². The number of rotatable bonds is 15. The normalized spacial score (nSPS) is 13.9. The zero-order chi connectivity index (χ0) is 31.6. The Hall–Kier alpha value is -0.450. The van der Waals surface area contributed by atoms with Crippen LogP contribution in [0.3, 0.4) is 0 Å². The van der Waals surface area contributed by atoms with Crippen LogP contribution >= 0.6 is 47.5 Å². The number of nitrogens with one attached hydrogen (secondary N) is 1. The van der Waals surface area contributed by atoms with E-state index in [1.165, 1.54) is 25.8 Å². The van der Waals surface area contributed by atoms with Gasteiger partial charge < -0.3 is 14.8 Å². The number of carbonyl (C=O) groups excluding carboxylic acids is 3. The van der Waals surface area contributed by atoms with Crippen LogP contribution in [0.2, 0.25) is 0 Å². The first-order chi connectivity index (χ1) is 17.9. The molecule has 0 radical (unpaired) electrons. The average molecular weight is 638 g/mol. The fourth-order valence-corrected chi connectivity index (χ4v) is 7.61. The van der Waals surface area contributed by atoms with Gasteiger partial charge in [-0.05, 0) is 69.6 Å². The molecule has 1 atom stereocenters. The third-order valence-electron chi connectivity index (χ3n) is 7.45. The highest BCUT2D eigenvalue weighted by Gasteiger charge is 2.47. The number of methoxy groups -OCH3 is 1. The predicted octanol–water partition coefficient (Wildman–Crippen LogP) is 8.75. The number of esters is 1. The van der Waals surface area contributed by atoms with Gasteiger partial charge in [0.05, 0.1) is 19.6 Å². The van der Waals surface area contributed by atoms with Gasteiger partial charge in [-0.1, -0.05) is 72.4 Å². The molecule has 0 heterocycles. The van der Waals surface area contributed by atoms with Crippen molar-refractivity contribution < 1.29 is 23.9 Å². The van der Waals surface area contributed by atoms with Crippen molar-refractivity contribution in [3.05, 3.63) is 0 Å². The summed E-state index contributed by atoms with van der Waals surface area (Å²) in [5.41, 5.74) is -0.712. The van der Waals surface area contributed by atoms with Gasteiger partial charge in [0.2, 0.25) is 0 Å². The lowest BCUT2D eigenvalue weighted by Crippen LogP contribution is -2.55. The van der Waals surface area contributed by atoms with Crippen LogP contribution in [0.5, 0.6) is 0 Å². The van der Waals surface area contributed by atoms with E-state index in [2.05, 4.69) is 39.9 Å².